The summed E-state index contributed by atoms with van der Waals surface area (Å²) in [7, 11) is -4.10. The number of nitrogens with one attached hydrogen (secondary N) is 2. The Morgan fingerprint density at radius 2 is 2.04 bits per heavy atom. The van der Waals surface area contributed by atoms with E-state index in [-0.39, 0.29) is 11.7 Å². The first-order chi connectivity index (χ1) is 13.3. The molecule has 0 spiro atoms. The van der Waals surface area contributed by atoms with Crippen molar-refractivity contribution in [3.8, 4) is 0 Å². The number of sulfonamides is 1. The average Bonchev–Trinajstić information content (AvgIpc) is 3.15. The molecule has 0 saturated carbocycles. The van der Waals surface area contributed by atoms with Gasteiger partial charge in [-0.1, -0.05) is 19.3 Å². The topological polar surface area (TPSA) is 130 Å². The number of nitrogens with two attached hydrogens (primary N) is 1. The molecule has 0 radical (unpaired) electrons. The van der Waals surface area contributed by atoms with Crippen molar-refractivity contribution >= 4 is 48.3 Å². The highest BCUT2D eigenvalue weighted by Gasteiger charge is 2.22. The number of unbranched alkanes of at least 4 members (excludes halogenated alkanes) is 3. The number of hydrogen-bond acceptors (Lipinski definition) is 8. The van der Waals surface area contributed by atoms with Crippen molar-refractivity contribution in [3.05, 3.63) is 28.7 Å². The van der Waals surface area contributed by atoms with Gasteiger partial charge in [0.05, 0.1) is 11.8 Å². The molecule has 0 fully saturated rings. The van der Waals surface area contributed by atoms with Crippen molar-refractivity contribution in [2.45, 2.75) is 43.1 Å². The van der Waals surface area contributed by atoms with E-state index >= 15 is 0 Å². The standard InChI is InChI=1S/C16H23BrFN5O3S2/c17-12-7-15(28(25,26)23-16-21-10-22-27-16)13(18)8-14(12)20-6-4-2-1-3-5-11(24)9-19/h7-8,10-11,20,24H,1-6,9,19H2,(H,21,22,23)/t11-/m0/s1. The lowest BCUT2D eigenvalue weighted by Crippen LogP contribution is -2.19. The van der Waals surface area contributed by atoms with Crippen molar-refractivity contribution in [2.75, 3.05) is 23.1 Å². The van der Waals surface area contributed by atoms with Crippen LogP contribution in [0, 0.1) is 5.82 Å². The van der Waals surface area contributed by atoms with Gasteiger partial charge in [-0.15, -0.1) is 0 Å². The normalized spacial score (nSPS) is 12.7. The molecule has 5 N–H and O–H groups in total. The molecule has 1 heterocycles. The zero-order valence-corrected chi connectivity index (χ0v) is 18.3. The van der Waals surface area contributed by atoms with Crippen molar-refractivity contribution in [1.29, 1.82) is 0 Å². The first kappa shape index (κ1) is 22.9. The molecule has 0 amide bonds. The fourth-order valence-corrected chi connectivity index (χ4v) is 4.84. The maximum atomic E-state index is 14.4. The molecule has 8 nitrogen and oxygen atoms in total. The van der Waals surface area contributed by atoms with Gasteiger partial charge in [0.2, 0.25) is 5.13 Å². The summed E-state index contributed by atoms with van der Waals surface area (Å²) in [5, 5.41) is 12.5. The van der Waals surface area contributed by atoms with Crippen LogP contribution in [0.1, 0.15) is 32.1 Å². The molecule has 0 saturated heterocycles. The molecule has 1 atom stereocenters. The van der Waals surface area contributed by atoms with Crippen LogP contribution in [-0.2, 0) is 10.0 Å². The third kappa shape index (κ3) is 6.92. The summed E-state index contributed by atoms with van der Waals surface area (Å²) in [5.74, 6) is -0.863. The minimum Gasteiger partial charge on any atom is -0.392 e. The van der Waals surface area contributed by atoms with E-state index in [1.165, 1.54) is 12.4 Å². The highest BCUT2D eigenvalue weighted by molar-refractivity contribution is 9.10. The summed E-state index contributed by atoms with van der Waals surface area (Å²) in [6.07, 6.45) is 5.18. The minimum atomic E-state index is -4.10. The molecular formula is C16H23BrFN5O3S2. The summed E-state index contributed by atoms with van der Waals surface area (Å²) in [6, 6.07) is 2.37. The van der Waals surface area contributed by atoms with Crippen molar-refractivity contribution < 1.29 is 17.9 Å². The van der Waals surface area contributed by atoms with E-state index in [0.717, 1.165) is 43.3 Å². The van der Waals surface area contributed by atoms with E-state index in [2.05, 4.69) is 35.3 Å². The Bertz CT molecular complexity index is 852. The minimum absolute atomic E-state index is 0.0664. The van der Waals surface area contributed by atoms with Crippen LogP contribution < -0.4 is 15.8 Å². The van der Waals surface area contributed by atoms with E-state index in [1.807, 2.05) is 0 Å². The predicted octanol–water partition coefficient (Wildman–Crippen LogP) is 2.92. The largest absolute Gasteiger partial charge is 0.392 e. The van der Waals surface area contributed by atoms with Crippen molar-refractivity contribution in [3.63, 3.8) is 0 Å². The highest BCUT2D eigenvalue weighted by Crippen LogP contribution is 2.29. The van der Waals surface area contributed by atoms with Crippen molar-refractivity contribution in [2.24, 2.45) is 5.73 Å². The number of nitrogens with zero attached hydrogens (tertiary/aromatic N) is 2. The van der Waals surface area contributed by atoms with Gasteiger partial charge < -0.3 is 16.2 Å². The third-order valence-corrected chi connectivity index (χ3v) is 6.67. The number of benzene rings is 1. The lowest BCUT2D eigenvalue weighted by Gasteiger charge is -2.12. The Morgan fingerprint density at radius 3 is 2.71 bits per heavy atom. The number of hydrogen-bond donors (Lipinski definition) is 4. The fraction of sp³-hybridized carbons (Fsp3) is 0.500. The molecule has 2 rings (SSSR count). The quantitative estimate of drug-likeness (QED) is 0.333. The van der Waals surface area contributed by atoms with Gasteiger partial charge in [0.1, 0.15) is 17.0 Å². The maximum absolute atomic E-state index is 14.4. The average molecular weight is 496 g/mol. The second-order valence-electron chi connectivity index (χ2n) is 6.13. The highest BCUT2D eigenvalue weighted by atomic mass is 79.9. The molecule has 0 aliphatic rings. The second-order valence-corrected chi connectivity index (χ2v) is 9.42. The summed E-state index contributed by atoms with van der Waals surface area (Å²) >= 11 is 4.14. The van der Waals surface area contributed by atoms with Gasteiger partial charge in [0.15, 0.2) is 0 Å². The predicted molar refractivity (Wildman–Crippen MR) is 111 cm³/mol. The molecule has 0 aliphatic carbocycles. The van der Waals surface area contributed by atoms with Crippen LogP contribution in [0.4, 0.5) is 15.2 Å². The lowest BCUT2D eigenvalue weighted by molar-refractivity contribution is 0.169. The van der Waals surface area contributed by atoms with Crippen LogP contribution in [0.3, 0.4) is 0 Å². The first-order valence-corrected chi connectivity index (χ1v) is 11.8. The Labute approximate surface area is 176 Å². The van der Waals surface area contributed by atoms with Gasteiger partial charge in [0, 0.05) is 29.1 Å². The van der Waals surface area contributed by atoms with Gasteiger partial charge in [0.25, 0.3) is 10.0 Å². The molecule has 0 bridgehead atoms. The molecule has 1 aromatic heterocycles. The van der Waals surface area contributed by atoms with Crippen molar-refractivity contribution in [1.82, 2.24) is 9.36 Å². The maximum Gasteiger partial charge on any atom is 0.266 e. The van der Waals surface area contributed by atoms with Crippen LogP contribution in [0.15, 0.2) is 27.8 Å². The van der Waals surface area contributed by atoms with Crippen LogP contribution in [0.2, 0.25) is 0 Å². The van der Waals surface area contributed by atoms with Gasteiger partial charge in [-0.3, -0.25) is 4.72 Å². The Morgan fingerprint density at radius 1 is 1.29 bits per heavy atom. The Kier molecular flexibility index (Phi) is 9.02. The number of aromatic nitrogens is 2. The van der Waals surface area contributed by atoms with Gasteiger partial charge in [-0.05, 0) is 40.9 Å². The van der Waals surface area contributed by atoms with Crippen LogP contribution >= 0.6 is 27.5 Å². The second kappa shape index (κ2) is 11.0. The molecule has 0 aliphatic heterocycles. The zero-order chi connectivity index (χ0) is 20.6. The molecule has 12 heteroatoms. The summed E-state index contributed by atoms with van der Waals surface area (Å²) in [4.78, 5) is 3.26. The van der Waals surface area contributed by atoms with E-state index in [1.54, 1.807) is 0 Å². The van der Waals surface area contributed by atoms with E-state index in [4.69, 9.17) is 5.73 Å². The third-order valence-electron chi connectivity index (χ3n) is 3.95. The Hall–Kier alpha value is -1.34. The van der Waals surface area contributed by atoms with Gasteiger partial charge in [-0.25, -0.2) is 17.8 Å². The SMILES string of the molecule is NC[C@@H](O)CCCCCCNc1cc(F)c(S(=O)(=O)Nc2ncns2)cc1Br. The van der Waals surface area contributed by atoms with E-state index in [9.17, 15) is 17.9 Å². The smallest absolute Gasteiger partial charge is 0.266 e. The number of rotatable bonds is 12. The summed E-state index contributed by atoms with van der Waals surface area (Å²) in [6.45, 7) is 0.899. The van der Waals surface area contributed by atoms with Gasteiger partial charge in [-0.2, -0.15) is 4.37 Å². The lowest BCUT2D eigenvalue weighted by atomic mass is 10.1. The van der Waals surface area contributed by atoms with Gasteiger partial charge >= 0.3 is 0 Å². The first-order valence-electron chi connectivity index (χ1n) is 8.74. The molecule has 1 aromatic carbocycles. The van der Waals surface area contributed by atoms with Crippen LogP contribution in [0.5, 0.6) is 0 Å². The number of anilines is 2. The number of halogens is 2. The van der Waals surface area contributed by atoms with E-state index in [0.29, 0.717) is 23.1 Å². The molecule has 28 heavy (non-hydrogen) atoms. The summed E-state index contributed by atoms with van der Waals surface area (Å²) in [5.41, 5.74) is 5.83. The summed E-state index contributed by atoms with van der Waals surface area (Å²) < 4.78 is 45.4. The molecule has 2 aromatic rings. The van der Waals surface area contributed by atoms with E-state index < -0.39 is 26.8 Å². The number of aliphatic hydroxyl groups is 1. The van der Waals surface area contributed by atoms with Crippen LogP contribution in [-0.4, -0.2) is 42.1 Å². The fourth-order valence-electron chi connectivity index (χ4n) is 2.46. The zero-order valence-electron chi connectivity index (χ0n) is 15.1. The molecular weight excluding hydrogens is 473 g/mol. The Balaban J connectivity index is 1.87. The van der Waals surface area contributed by atoms with Crippen LogP contribution in [0.25, 0.3) is 0 Å². The number of aliphatic hydroxyl groups excluding tert-OH is 1. The molecule has 156 valence electrons. The monoisotopic (exact) mass is 495 g/mol. The molecule has 0 unspecified atom stereocenters.